The summed E-state index contributed by atoms with van der Waals surface area (Å²) in [5.41, 5.74) is -0.764. The highest BCUT2D eigenvalue weighted by Gasteiger charge is 2.31. The first-order valence-corrected chi connectivity index (χ1v) is 5.16. The summed E-state index contributed by atoms with van der Waals surface area (Å²) < 4.78 is 41.7. The highest BCUT2D eigenvalue weighted by Crippen LogP contribution is 2.36. The summed E-state index contributed by atoms with van der Waals surface area (Å²) in [5.74, 6) is 0.142. The van der Waals surface area contributed by atoms with Gasteiger partial charge in [0.25, 0.3) is 0 Å². The fourth-order valence-corrected chi connectivity index (χ4v) is 1.50. The lowest BCUT2D eigenvalue weighted by Gasteiger charge is -2.09. The lowest BCUT2D eigenvalue weighted by atomic mass is 10.2. The van der Waals surface area contributed by atoms with E-state index in [9.17, 15) is 13.2 Å². The Kier molecular flexibility index (Phi) is 3.55. The molecular weight excluding hydrogens is 237 g/mol. The van der Waals surface area contributed by atoms with E-state index in [4.69, 9.17) is 15.4 Å². The van der Waals surface area contributed by atoms with Crippen LogP contribution in [-0.2, 0) is 6.18 Å². The van der Waals surface area contributed by atoms with Crippen LogP contribution in [0.25, 0.3) is 0 Å². The zero-order valence-electron chi connectivity index (χ0n) is 7.06. The van der Waals surface area contributed by atoms with Gasteiger partial charge in [-0.2, -0.15) is 13.2 Å². The molecule has 0 spiro atoms. The number of methoxy groups -OCH3 is 1. The summed E-state index contributed by atoms with van der Waals surface area (Å²) in [5, 5.41) is 0. The van der Waals surface area contributed by atoms with Crippen LogP contribution in [0.1, 0.15) is 5.56 Å². The predicted octanol–water partition coefficient (Wildman–Crippen LogP) is 3.96. The fourth-order valence-electron chi connectivity index (χ4n) is 0.898. The third-order valence-electron chi connectivity index (χ3n) is 1.53. The molecule has 1 rings (SSSR count). The van der Waals surface area contributed by atoms with E-state index in [2.05, 4.69) is 0 Å². The van der Waals surface area contributed by atoms with E-state index in [-0.39, 0.29) is 5.75 Å². The van der Waals surface area contributed by atoms with Gasteiger partial charge in [0, 0.05) is 4.90 Å². The highest BCUT2D eigenvalue weighted by atomic mass is 35.7. The number of hydrogen-bond donors (Lipinski definition) is 0. The van der Waals surface area contributed by atoms with Gasteiger partial charge in [-0.3, -0.25) is 0 Å². The molecule has 0 fully saturated rings. The lowest BCUT2D eigenvalue weighted by Crippen LogP contribution is -2.05. The van der Waals surface area contributed by atoms with Crippen molar-refractivity contribution in [3.8, 4) is 5.75 Å². The number of hydrogen-bond acceptors (Lipinski definition) is 2. The SMILES string of the molecule is COc1cc(SCl)cc(C(F)(F)F)c1. The molecule has 0 saturated carbocycles. The number of alkyl halides is 3. The van der Waals surface area contributed by atoms with Crippen LogP contribution >= 0.6 is 21.7 Å². The van der Waals surface area contributed by atoms with Crippen LogP contribution in [-0.4, -0.2) is 7.11 Å². The average Bonchev–Trinajstić information content (AvgIpc) is 2.15. The monoisotopic (exact) mass is 242 g/mol. The Bertz CT molecular complexity index is 305. The molecule has 0 aliphatic carbocycles. The molecular formula is C8H6ClF3OS. The number of ether oxygens (including phenoxy) is 1. The van der Waals surface area contributed by atoms with E-state index in [0.29, 0.717) is 4.90 Å². The normalized spacial score (nSPS) is 11.5. The predicted molar refractivity (Wildman–Crippen MR) is 49.7 cm³/mol. The number of benzene rings is 1. The van der Waals surface area contributed by atoms with E-state index in [1.165, 1.54) is 13.2 Å². The molecule has 6 heteroatoms. The zero-order chi connectivity index (χ0) is 10.8. The van der Waals surface area contributed by atoms with E-state index in [1.54, 1.807) is 0 Å². The maximum absolute atomic E-state index is 12.3. The summed E-state index contributed by atoms with van der Waals surface area (Å²) >= 11 is 0. The first-order valence-electron chi connectivity index (χ1n) is 3.52. The average molecular weight is 243 g/mol. The largest absolute Gasteiger partial charge is 0.497 e. The Hall–Kier alpha value is -0.550. The minimum Gasteiger partial charge on any atom is -0.497 e. The van der Waals surface area contributed by atoms with E-state index < -0.39 is 11.7 Å². The third kappa shape index (κ3) is 2.72. The van der Waals surface area contributed by atoms with Crippen LogP contribution in [0.3, 0.4) is 0 Å². The Morgan fingerprint density at radius 1 is 1.29 bits per heavy atom. The standard InChI is InChI=1S/C8H6ClF3OS/c1-13-6-2-5(8(10,11)12)3-7(4-6)14-9/h2-4H,1H3. The minimum absolute atomic E-state index is 0.142. The second kappa shape index (κ2) is 4.31. The first kappa shape index (κ1) is 11.5. The van der Waals surface area contributed by atoms with Crippen molar-refractivity contribution in [3.05, 3.63) is 23.8 Å². The van der Waals surface area contributed by atoms with Crippen molar-refractivity contribution in [1.82, 2.24) is 0 Å². The van der Waals surface area contributed by atoms with Crippen molar-refractivity contribution in [2.45, 2.75) is 11.1 Å². The molecule has 78 valence electrons. The van der Waals surface area contributed by atoms with Crippen LogP contribution in [0, 0.1) is 0 Å². The molecule has 0 bridgehead atoms. The van der Waals surface area contributed by atoms with Gasteiger partial charge >= 0.3 is 6.18 Å². The van der Waals surface area contributed by atoms with Gasteiger partial charge in [0.15, 0.2) is 0 Å². The molecule has 0 amide bonds. The van der Waals surface area contributed by atoms with Gasteiger partial charge in [-0.1, -0.05) is 0 Å². The van der Waals surface area contributed by atoms with Crippen molar-refractivity contribution in [3.63, 3.8) is 0 Å². The molecule has 0 aromatic heterocycles. The molecule has 0 aliphatic rings. The number of halogens is 4. The van der Waals surface area contributed by atoms with Gasteiger partial charge in [0.1, 0.15) is 5.75 Å². The van der Waals surface area contributed by atoms with Gasteiger partial charge in [-0.05, 0) is 39.9 Å². The van der Waals surface area contributed by atoms with Gasteiger partial charge in [0.2, 0.25) is 0 Å². The smallest absolute Gasteiger partial charge is 0.416 e. The summed E-state index contributed by atoms with van der Waals surface area (Å²) in [6, 6.07) is 3.34. The maximum Gasteiger partial charge on any atom is 0.416 e. The van der Waals surface area contributed by atoms with Crippen molar-refractivity contribution in [2.75, 3.05) is 7.11 Å². The molecule has 0 N–H and O–H groups in total. The minimum atomic E-state index is -4.38. The Morgan fingerprint density at radius 3 is 2.36 bits per heavy atom. The van der Waals surface area contributed by atoms with E-state index in [0.717, 1.165) is 23.1 Å². The Balaban J connectivity index is 3.17. The molecule has 0 radical (unpaired) electrons. The van der Waals surface area contributed by atoms with Gasteiger partial charge in [-0.15, -0.1) is 0 Å². The zero-order valence-corrected chi connectivity index (χ0v) is 8.63. The summed E-state index contributed by atoms with van der Waals surface area (Å²) in [7, 11) is 7.40. The highest BCUT2D eigenvalue weighted by molar-refractivity contribution is 8.21. The summed E-state index contributed by atoms with van der Waals surface area (Å²) in [6.07, 6.45) is -4.38. The van der Waals surface area contributed by atoms with Crippen molar-refractivity contribution in [1.29, 1.82) is 0 Å². The van der Waals surface area contributed by atoms with Crippen LogP contribution in [0.15, 0.2) is 23.1 Å². The molecule has 0 saturated heterocycles. The summed E-state index contributed by atoms with van der Waals surface area (Å²) in [4.78, 5) is 0.304. The molecule has 0 atom stereocenters. The van der Waals surface area contributed by atoms with E-state index in [1.807, 2.05) is 0 Å². The van der Waals surface area contributed by atoms with Crippen LogP contribution in [0.2, 0.25) is 0 Å². The second-order valence-electron chi connectivity index (χ2n) is 2.47. The van der Waals surface area contributed by atoms with Crippen molar-refractivity contribution < 1.29 is 17.9 Å². The maximum atomic E-state index is 12.3. The number of rotatable bonds is 2. The van der Waals surface area contributed by atoms with Crippen LogP contribution in [0.4, 0.5) is 13.2 Å². The van der Waals surface area contributed by atoms with Gasteiger partial charge in [0.05, 0.1) is 12.7 Å². The lowest BCUT2D eigenvalue weighted by molar-refractivity contribution is -0.137. The van der Waals surface area contributed by atoms with Crippen molar-refractivity contribution in [2.24, 2.45) is 0 Å². The fraction of sp³-hybridized carbons (Fsp3) is 0.250. The van der Waals surface area contributed by atoms with Crippen LogP contribution < -0.4 is 4.74 Å². The molecule has 0 heterocycles. The second-order valence-corrected chi connectivity index (χ2v) is 3.56. The topological polar surface area (TPSA) is 9.23 Å². The molecule has 14 heavy (non-hydrogen) atoms. The van der Waals surface area contributed by atoms with E-state index >= 15 is 0 Å². The van der Waals surface area contributed by atoms with Gasteiger partial charge in [-0.25, -0.2) is 0 Å². The van der Waals surface area contributed by atoms with Crippen LogP contribution in [0.5, 0.6) is 5.75 Å². The molecule has 1 aromatic carbocycles. The first-order chi connectivity index (χ1) is 6.47. The Morgan fingerprint density at radius 2 is 1.93 bits per heavy atom. The van der Waals surface area contributed by atoms with Crippen molar-refractivity contribution >= 4 is 21.7 Å². The molecule has 0 aliphatic heterocycles. The molecule has 1 aromatic rings. The Labute approximate surface area is 87.7 Å². The third-order valence-corrected chi connectivity index (χ3v) is 2.48. The summed E-state index contributed by atoms with van der Waals surface area (Å²) in [6.45, 7) is 0. The van der Waals surface area contributed by atoms with Gasteiger partial charge < -0.3 is 4.74 Å². The molecule has 0 unspecified atom stereocenters. The molecule has 1 nitrogen and oxygen atoms in total. The quantitative estimate of drug-likeness (QED) is 0.776.